The van der Waals surface area contributed by atoms with Gasteiger partial charge in [-0.1, -0.05) is 43.7 Å². The van der Waals surface area contributed by atoms with Gasteiger partial charge in [0.15, 0.2) is 0 Å². The van der Waals surface area contributed by atoms with Crippen molar-refractivity contribution in [3.05, 3.63) is 35.9 Å². The van der Waals surface area contributed by atoms with Gasteiger partial charge in [0.2, 0.25) is 0 Å². The van der Waals surface area contributed by atoms with Gasteiger partial charge in [0.05, 0.1) is 0 Å². The SMILES string of the molecule is CCC1CCCN(C(C)(CN)CCc2ccccc2)CC1. The number of hydrogen-bond donors (Lipinski definition) is 1. The Morgan fingerprint density at radius 2 is 1.95 bits per heavy atom. The first-order chi connectivity index (χ1) is 10.2. The van der Waals surface area contributed by atoms with E-state index < -0.39 is 0 Å². The highest BCUT2D eigenvalue weighted by Crippen LogP contribution is 2.27. The molecule has 2 N–H and O–H groups in total. The predicted molar refractivity (Wildman–Crippen MR) is 91.4 cm³/mol. The summed E-state index contributed by atoms with van der Waals surface area (Å²) in [6, 6.07) is 10.8. The van der Waals surface area contributed by atoms with Gasteiger partial charge in [0.1, 0.15) is 0 Å². The normalized spacial score (nSPS) is 23.5. The second-order valence-corrected chi connectivity index (χ2v) is 6.88. The first kappa shape index (κ1) is 16.5. The van der Waals surface area contributed by atoms with Crippen molar-refractivity contribution in [1.82, 2.24) is 4.90 Å². The number of aryl methyl sites for hydroxylation is 1. The third-order valence-electron chi connectivity index (χ3n) is 5.42. The Kier molecular flexibility index (Phi) is 6.25. The molecule has 2 unspecified atom stereocenters. The summed E-state index contributed by atoms with van der Waals surface area (Å²) in [5.74, 6) is 0.922. The maximum atomic E-state index is 6.18. The van der Waals surface area contributed by atoms with Crippen molar-refractivity contribution in [3.63, 3.8) is 0 Å². The minimum atomic E-state index is 0.151. The highest BCUT2D eigenvalue weighted by molar-refractivity contribution is 5.15. The molecule has 0 amide bonds. The van der Waals surface area contributed by atoms with Gasteiger partial charge in [-0.3, -0.25) is 4.90 Å². The molecule has 0 aromatic heterocycles. The van der Waals surface area contributed by atoms with Crippen LogP contribution in [0.25, 0.3) is 0 Å². The molecule has 2 rings (SSSR count). The van der Waals surface area contributed by atoms with Gasteiger partial charge >= 0.3 is 0 Å². The number of nitrogens with two attached hydrogens (primary N) is 1. The Labute approximate surface area is 130 Å². The molecular weight excluding hydrogens is 256 g/mol. The summed E-state index contributed by atoms with van der Waals surface area (Å²) >= 11 is 0. The maximum absolute atomic E-state index is 6.18. The fourth-order valence-electron chi connectivity index (χ4n) is 3.56. The van der Waals surface area contributed by atoms with Gasteiger partial charge < -0.3 is 5.73 Å². The highest BCUT2D eigenvalue weighted by atomic mass is 15.2. The van der Waals surface area contributed by atoms with Crippen LogP contribution in [0.2, 0.25) is 0 Å². The zero-order valence-corrected chi connectivity index (χ0v) is 13.9. The number of benzene rings is 1. The van der Waals surface area contributed by atoms with E-state index in [2.05, 4.69) is 49.1 Å². The lowest BCUT2D eigenvalue weighted by atomic mass is 9.91. The Balaban J connectivity index is 1.96. The molecule has 0 saturated carbocycles. The van der Waals surface area contributed by atoms with Gasteiger partial charge in [-0.2, -0.15) is 0 Å². The smallest absolute Gasteiger partial charge is 0.0306 e. The van der Waals surface area contributed by atoms with Crippen molar-refractivity contribution in [1.29, 1.82) is 0 Å². The fraction of sp³-hybridized carbons (Fsp3) is 0.684. The zero-order chi connectivity index (χ0) is 15.1. The molecule has 1 aromatic carbocycles. The number of rotatable bonds is 6. The molecule has 1 aromatic rings. The van der Waals surface area contributed by atoms with Crippen LogP contribution in [-0.4, -0.2) is 30.1 Å². The lowest BCUT2D eigenvalue weighted by Gasteiger charge is -2.40. The monoisotopic (exact) mass is 288 g/mol. The molecule has 0 aliphatic carbocycles. The van der Waals surface area contributed by atoms with Crippen LogP contribution >= 0.6 is 0 Å². The van der Waals surface area contributed by atoms with Gasteiger partial charge in [-0.15, -0.1) is 0 Å². The van der Waals surface area contributed by atoms with Crippen LogP contribution in [0.3, 0.4) is 0 Å². The van der Waals surface area contributed by atoms with Crippen LogP contribution < -0.4 is 5.73 Å². The lowest BCUT2D eigenvalue weighted by molar-refractivity contribution is 0.104. The second kappa shape index (κ2) is 7.95. The van der Waals surface area contributed by atoms with E-state index in [0.717, 1.165) is 25.3 Å². The van der Waals surface area contributed by atoms with Crippen LogP contribution in [0.15, 0.2) is 30.3 Å². The maximum Gasteiger partial charge on any atom is 0.0306 e. The molecule has 0 radical (unpaired) electrons. The first-order valence-electron chi connectivity index (χ1n) is 8.67. The Morgan fingerprint density at radius 1 is 1.19 bits per heavy atom. The van der Waals surface area contributed by atoms with E-state index in [1.807, 2.05) is 0 Å². The summed E-state index contributed by atoms with van der Waals surface area (Å²) in [4.78, 5) is 2.67. The van der Waals surface area contributed by atoms with Crippen LogP contribution in [0.1, 0.15) is 51.5 Å². The minimum absolute atomic E-state index is 0.151. The summed E-state index contributed by atoms with van der Waals surface area (Å²) in [6.45, 7) is 7.90. The Hall–Kier alpha value is -0.860. The van der Waals surface area contributed by atoms with Gasteiger partial charge in [0.25, 0.3) is 0 Å². The summed E-state index contributed by atoms with van der Waals surface area (Å²) in [5, 5.41) is 0. The van der Waals surface area contributed by atoms with Crippen LogP contribution in [-0.2, 0) is 6.42 Å². The highest BCUT2D eigenvalue weighted by Gasteiger charge is 2.31. The van der Waals surface area contributed by atoms with Crippen LogP contribution in [0.4, 0.5) is 0 Å². The topological polar surface area (TPSA) is 29.3 Å². The molecule has 2 nitrogen and oxygen atoms in total. The molecule has 1 heterocycles. The van der Waals surface area contributed by atoms with Gasteiger partial charge in [-0.05, 0) is 63.6 Å². The minimum Gasteiger partial charge on any atom is -0.329 e. The van der Waals surface area contributed by atoms with Crippen molar-refractivity contribution >= 4 is 0 Å². The molecule has 118 valence electrons. The van der Waals surface area contributed by atoms with Gasteiger partial charge in [0, 0.05) is 12.1 Å². The van der Waals surface area contributed by atoms with Crippen molar-refractivity contribution in [3.8, 4) is 0 Å². The molecule has 0 bridgehead atoms. The molecule has 2 heteroatoms. The zero-order valence-electron chi connectivity index (χ0n) is 13.9. The molecular formula is C19H32N2. The van der Waals surface area contributed by atoms with E-state index >= 15 is 0 Å². The van der Waals surface area contributed by atoms with Crippen molar-refractivity contribution in [2.45, 2.75) is 57.9 Å². The van der Waals surface area contributed by atoms with E-state index in [1.165, 1.54) is 44.3 Å². The quantitative estimate of drug-likeness (QED) is 0.861. The van der Waals surface area contributed by atoms with E-state index in [-0.39, 0.29) is 5.54 Å². The van der Waals surface area contributed by atoms with E-state index in [9.17, 15) is 0 Å². The second-order valence-electron chi connectivity index (χ2n) is 6.88. The summed E-state index contributed by atoms with van der Waals surface area (Å²) in [5.41, 5.74) is 7.76. The van der Waals surface area contributed by atoms with Crippen LogP contribution in [0, 0.1) is 5.92 Å². The van der Waals surface area contributed by atoms with E-state index in [4.69, 9.17) is 5.73 Å². The number of hydrogen-bond acceptors (Lipinski definition) is 2. The molecule has 1 aliphatic heterocycles. The average Bonchev–Trinajstić information content (AvgIpc) is 2.79. The van der Waals surface area contributed by atoms with Crippen molar-refractivity contribution in [2.75, 3.05) is 19.6 Å². The van der Waals surface area contributed by atoms with Crippen molar-refractivity contribution < 1.29 is 0 Å². The molecule has 21 heavy (non-hydrogen) atoms. The average molecular weight is 288 g/mol. The first-order valence-corrected chi connectivity index (χ1v) is 8.67. The third kappa shape index (κ3) is 4.55. The van der Waals surface area contributed by atoms with E-state index in [1.54, 1.807) is 0 Å². The fourth-order valence-corrected chi connectivity index (χ4v) is 3.56. The summed E-state index contributed by atoms with van der Waals surface area (Å²) in [6.07, 6.45) is 7.69. The van der Waals surface area contributed by atoms with Gasteiger partial charge in [-0.25, -0.2) is 0 Å². The molecule has 2 atom stereocenters. The number of likely N-dealkylation sites (tertiary alicyclic amines) is 1. The van der Waals surface area contributed by atoms with E-state index in [0.29, 0.717) is 0 Å². The third-order valence-corrected chi connectivity index (χ3v) is 5.42. The van der Waals surface area contributed by atoms with Crippen LogP contribution in [0.5, 0.6) is 0 Å². The lowest BCUT2D eigenvalue weighted by Crippen LogP contribution is -2.52. The Bertz CT molecular complexity index is 403. The Morgan fingerprint density at radius 3 is 2.62 bits per heavy atom. The summed E-state index contributed by atoms with van der Waals surface area (Å²) in [7, 11) is 0. The molecule has 1 fully saturated rings. The van der Waals surface area contributed by atoms with Crippen molar-refractivity contribution in [2.24, 2.45) is 11.7 Å². The largest absolute Gasteiger partial charge is 0.329 e. The predicted octanol–water partition coefficient (Wildman–Crippen LogP) is 3.85. The summed E-state index contributed by atoms with van der Waals surface area (Å²) < 4.78 is 0. The molecule has 1 aliphatic rings. The molecule has 0 spiro atoms. The standard InChI is InChI=1S/C19H32N2/c1-3-17-10-7-14-21(15-12-17)19(2,16-20)13-11-18-8-5-4-6-9-18/h4-6,8-9,17H,3,7,10-16,20H2,1-2H3. The number of nitrogens with zero attached hydrogens (tertiary/aromatic N) is 1. The molecule has 1 saturated heterocycles.